The Morgan fingerprint density at radius 1 is 1.29 bits per heavy atom. The zero-order valence-corrected chi connectivity index (χ0v) is 18.2. The molecular formula is C18H28BrIN4. The average Bonchev–Trinajstić information content (AvgIpc) is 3.23. The van der Waals surface area contributed by atoms with Crippen LogP contribution in [0.1, 0.15) is 32.1 Å². The third-order valence-corrected chi connectivity index (χ3v) is 5.43. The van der Waals surface area contributed by atoms with Crippen LogP contribution in [-0.2, 0) is 0 Å². The van der Waals surface area contributed by atoms with Crippen LogP contribution in [0.25, 0.3) is 0 Å². The molecule has 1 unspecified atom stereocenters. The van der Waals surface area contributed by atoms with Crippen LogP contribution in [0.2, 0.25) is 0 Å². The first kappa shape index (κ1) is 19.8. The second kappa shape index (κ2) is 9.85. The number of aliphatic imine (C=N–C) groups is 1. The fourth-order valence-electron chi connectivity index (χ4n) is 3.61. The predicted molar refractivity (Wildman–Crippen MR) is 117 cm³/mol. The van der Waals surface area contributed by atoms with Crippen molar-refractivity contribution in [2.24, 2.45) is 10.9 Å². The van der Waals surface area contributed by atoms with Gasteiger partial charge in [0.25, 0.3) is 0 Å². The van der Waals surface area contributed by atoms with E-state index in [1.54, 1.807) is 0 Å². The van der Waals surface area contributed by atoms with E-state index in [1.807, 2.05) is 7.05 Å². The van der Waals surface area contributed by atoms with Crippen LogP contribution in [-0.4, -0.2) is 38.7 Å². The summed E-state index contributed by atoms with van der Waals surface area (Å²) in [4.78, 5) is 6.85. The van der Waals surface area contributed by atoms with Gasteiger partial charge in [-0.15, -0.1) is 24.0 Å². The molecule has 0 aromatic heterocycles. The molecule has 2 aliphatic rings. The van der Waals surface area contributed by atoms with E-state index in [0.29, 0.717) is 12.0 Å². The molecule has 3 rings (SSSR count). The summed E-state index contributed by atoms with van der Waals surface area (Å²) in [6, 6.07) is 9.20. The van der Waals surface area contributed by atoms with E-state index < -0.39 is 0 Å². The highest BCUT2D eigenvalue weighted by atomic mass is 127. The summed E-state index contributed by atoms with van der Waals surface area (Å²) < 4.78 is 1.15. The van der Waals surface area contributed by atoms with Gasteiger partial charge in [0, 0.05) is 42.9 Å². The highest BCUT2D eigenvalue weighted by Crippen LogP contribution is 2.26. The molecule has 2 N–H and O–H groups in total. The first-order chi connectivity index (χ1) is 11.2. The molecule has 0 spiro atoms. The van der Waals surface area contributed by atoms with Crippen LogP contribution in [0.5, 0.6) is 0 Å². The summed E-state index contributed by atoms with van der Waals surface area (Å²) in [7, 11) is 1.87. The Balaban J connectivity index is 0.00000208. The molecule has 0 radical (unpaired) electrons. The van der Waals surface area contributed by atoms with Crippen LogP contribution in [0.4, 0.5) is 5.69 Å². The van der Waals surface area contributed by atoms with E-state index in [1.165, 1.54) is 37.8 Å². The molecule has 1 saturated heterocycles. The van der Waals surface area contributed by atoms with Crippen molar-refractivity contribution in [2.45, 2.75) is 38.1 Å². The number of guanidine groups is 1. The Bertz CT molecular complexity index is 546. The Labute approximate surface area is 171 Å². The summed E-state index contributed by atoms with van der Waals surface area (Å²) in [5.41, 5.74) is 1.32. The second-order valence-corrected chi connectivity index (χ2v) is 7.58. The lowest BCUT2D eigenvalue weighted by Crippen LogP contribution is -2.44. The van der Waals surface area contributed by atoms with Gasteiger partial charge in [0.05, 0.1) is 0 Å². The molecule has 1 heterocycles. The first-order valence-electron chi connectivity index (χ1n) is 8.72. The van der Waals surface area contributed by atoms with Crippen molar-refractivity contribution >= 4 is 51.6 Å². The number of halogens is 2. The van der Waals surface area contributed by atoms with Gasteiger partial charge in [0.2, 0.25) is 0 Å². The Morgan fingerprint density at radius 3 is 2.79 bits per heavy atom. The van der Waals surface area contributed by atoms with Gasteiger partial charge in [-0.2, -0.15) is 0 Å². The lowest BCUT2D eigenvalue weighted by molar-refractivity contribution is 0.552. The third kappa shape index (κ3) is 5.51. The van der Waals surface area contributed by atoms with Crippen LogP contribution in [0.15, 0.2) is 33.7 Å². The van der Waals surface area contributed by atoms with Crippen LogP contribution >= 0.6 is 39.9 Å². The minimum atomic E-state index is 0. The fraction of sp³-hybridized carbons (Fsp3) is 0.611. The van der Waals surface area contributed by atoms with Crippen molar-refractivity contribution in [1.29, 1.82) is 0 Å². The van der Waals surface area contributed by atoms with Gasteiger partial charge in [-0.1, -0.05) is 34.8 Å². The maximum absolute atomic E-state index is 4.38. The minimum absolute atomic E-state index is 0. The molecule has 134 valence electrons. The van der Waals surface area contributed by atoms with Crippen molar-refractivity contribution in [3.8, 4) is 0 Å². The van der Waals surface area contributed by atoms with Crippen LogP contribution in [0.3, 0.4) is 0 Å². The van der Waals surface area contributed by atoms with Gasteiger partial charge in [-0.3, -0.25) is 4.99 Å². The van der Waals surface area contributed by atoms with Gasteiger partial charge >= 0.3 is 0 Å². The number of benzene rings is 1. The van der Waals surface area contributed by atoms with Gasteiger partial charge in [0.15, 0.2) is 5.96 Å². The SMILES string of the molecule is CN=C(NCC1CCN(c2cccc(Br)c2)C1)NC1CCCC1.I. The maximum atomic E-state index is 4.38. The van der Waals surface area contributed by atoms with Gasteiger partial charge in [-0.05, 0) is 43.4 Å². The third-order valence-electron chi connectivity index (χ3n) is 4.94. The molecule has 0 amide bonds. The molecule has 0 bridgehead atoms. The highest BCUT2D eigenvalue weighted by Gasteiger charge is 2.23. The number of hydrogen-bond donors (Lipinski definition) is 2. The summed E-state index contributed by atoms with van der Waals surface area (Å²) in [6.07, 6.45) is 6.49. The molecule has 1 aliphatic heterocycles. The van der Waals surface area contributed by atoms with Gasteiger partial charge in [0.1, 0.15) is 0 Å². The van der Waals surface area contributed by atoms with E-state index >= 15 is 0 Å². The number of anilines is 1. The predicted octanol–water partition coefficient (Wildman–Crippen LogP) is 4.00. The standard InChI is InChI=1S/C18H27BrN4.HI/c1-20-18(22-16-6-2-3-7-16)21-12-14-9-10-23(13-14)17-8-4-5-15(19)11-17;/h4-5,8,11,14,16H,2-3,6-7,9-10,12-13H2,1H3,(H2,20,21,22);1H. The maximum Gasteiger partial charge on any atom is 0.191 e. The lowest BCUT2D eigenvalue weighted by Gasteiger charge is -2.20. The van der Waals surface area contributed by atoms with E-state index in [2.05, 4.69) is 60.7 Å². The molecule has 2 fully saturated rings. The summed E-state index contributed by atoms with van der Waals surface area (Å²) in [5.74, 6) is 1.65. The van der Waals surface area contributed by atoms with E-state index in [9.17, 15) is 0 Å². The number of nitrogens with zero attached hydrogens (tertiary/aromatic N) is 2. The van der Waals surface area contributed by atoms with E-state index in [-0.39, 0.29) is 24.0 Å². The van der Waals surface area contributed by atoms with Crippen molar-refractivity contribution in [1.82, 2.24) is 10.6 Å². The Kier molecular flexibility index (Phi) is 8.13. The zero-order chi connectivity index (χ0) is 16.1. The number of hydrogen-bond acceptors (Lipinski definition) is 2. The van der Waals surface area contributed by atoms with Gasteiger partial charge < -0.3 is 15.5 Å². The molecule has 24 heavy (non-hydrogen) atoms. The topological polar surface area (TPSA) is 39.7 Å². The molecule has 1 atom stereocenters. The normalized spacial score (nSPS) is 21.7. The molecule has 1 aromatic rings. The smallest absolute Gasteiger partial charge is 0.191 e. The number of rotatable bonds is 4. The number of nitrogens with one attached hydrogen (secondary N) is 2. The van der Waals surface area contributed by atoms with Crippen LogP contribution in [0, 0.1) is 5.92 Å². The van der Waals surface area contributed by atoms with Crippen molar-refractivity contribution in [3.05, 3.63) is 28.7 Å². The fourth-order valence-corrected chi connectivity index (χ4v) is 3.99. The van der Waals surface area contributed by atoms with E-state index in [0.717, 1.165) is 30.1 Å². The molecule has 1 saturated carbocycles. The molecule has 6 heteroatoms. The van der Waals surface area contributed by atoms with Crippen molar-refractivity contribution < 1.29 is 0 Å². The lowest BCUT2D eigenvalue weighted by atomic mass is 10.1. The monoisotopic (exact) mass is 506 g/mol. The summed E-state index contributed by atoms with van der Waals surface area (Å²) in [6.45, 7) is 3.25. The molecule has 1 aliphatic carbocycles. The summed E-state index contributed by atoms with van der Waals surface area (Å²) >= 11 is 3.56. The Morgan fingerprint density at radius 2 is 2.08 bits per heavy atom. The molecule has 4 nitrogen and oxygen atoms in total. The summed E-state index contributed by atoms with van der Waals surface area (Å²) in [5, 5.41) is 7.08. The highest BCUT2D eigenvalue weighted by molar-refractivity contribution is 14.0. The average molecular weight is 507 g/mol. The van der Waals surface area contributed by atoms with E-state index in [4.69, 9.17) is 0 Å². The largest absolute Gasteiger partial charge is 0.371 e. The van der Waals surface area contributed by atoms with Crippen molar-refractivity contribution in [3.63, 3.8) is 0 Å². The molecule has 1 aromatic carbocycles. The zero-order valence-electron chi connectivity index (χ0n) is 14.3. The van der Waals surface area contributed by atoms with Gasteiger partial charge in [-0.25, -0.2) is 0 Å². The molecular weight excluding hydrogens is 479 g/mol. The van der Waals surface area contributed by atoms with Crippen molar-refractivity contribution in [2.75, 3.05) is 31.6 Å². The Hall–Kier alpha value is -0.500. The van der Waals surface area contributed by atoms with Crippen LogP contribution < -0.4 is 15.5 Å². The minimum Gasteiger partial charge on any atom is -0.371 e. The first-order valence-corrected chi connectivity index (χ1v) is 9.51. The quantitative estimate of drug-likeness (QED) is 0.368. The second-order valence-electron chi connectivity index (χ2n) is 6.66.